The van der Waals surface area contributed by atoms with Crippen LogP contribution in [0.3, 0.4) is 0 Å². The molecule has 0 radical (unpaired) electrons. The van der Waals surface area contributed by atoms with E-state index in [4.69, 9.17) is 23.2 Å². The highest BCUT2D eigenvalue weighted by Crippen LogP contribution is 2.40. The summed E-state index contributed by atoms with van der Waals surface area (Å²) in [5.41, 5.74) is 0.241. The topological polar surface area (TPSA) is 0 Å². The minimum absolute atomic E-state index is 0.0129. The highest BCUT2D eigenvalue weighted by Gasteiger charge is 2.32. The maximum Gasteiger partial charge on any atom is 0.416 e. The van der Waals surface area contributed by atoms with E-state index in [0.29, 0.717) is 11.1 Å². The second-order valence-electron chi connectivity index (χ2n) is 3.68. The van der Waals surface area contributed by atoms with Gasteiger partial charge in [0, 0.05) is 5.56 Å². The zero-order valence-electron chi connectivity index (χ0n) is 8.93. The molecule has 94 valence electrons. The molecule has 0 saturated carbocycles. The second kappa shape index (κ2) is 4.82. The van der Waals surface area contributed by atoms with Gasteiger partial charge in [0.15, 0.2) is 0 Å². The number of hydrogen-bond donors (Lipinski definition) is 0. The van der Waals surface area contributed by atoms with E-state index in [1.54, 1.807) is 30.3 Å². The molecule has 0 N–H and O–H groups in total. The molecule has 2 aromatic rings. The fraction of sp³-hybridized carbons (Fsp3) is 0.0769. The standard InChI is InChI=1S/C13H7Cl2F3/c14-10-6-9(13(16,17)18)7-11(15)12(10)8-4-2-1-3-5-8/h1-7H. The minimum Gasteiger partial charge on any atom is -0.166 e. The molecule has 0 aliphatic rings. The first kappa shape index (κ1) is 13.2. The van der Waals surface area contributed by atoms with Crippen LogP contribution in [-0.4, -0.2) is 0 Å². The van der Waals surface area contributed by atoms with Gasteiger partial charge in [0.2, 0.25) is 0 Å². The normalized spacial score (nSPS) is 11.6. The number of alkyl halides is 3. The lowest BCUT2D eigenvalue weighted by Gasteiger charge is -2.12. The van der Waals surface area contributed by atoms with Gasteiger partial charge in [-0.2, -0.15) is 13.2 Å². The van der Waals surface area contributed by atoms with Gasteiger partial charge in [0.1, 0.15) is 0 Å². The molecule has 0 nitrogen and oxygen atoms in total. The molecule has 2 rings (SSSR count). The highest BCUT2D eigenvalue weighted by molar-refractivity contribution is 6.39. The fourth-order valence-electron chi connectivity index (χ4n) is 1.62. The van der Waals surface area contributed by atoms with Crippen LogP contribution in [0.25, 0.3) is 11.1 Å². The van der Waals surface area contributed by atoms with Crippen molar-refractivity contribution in [2.24, 2.45) is 0 Å². The van der Waals surface area contributed by atoms with Gasteiger partial charge in [-0.1, -0.05) is 53.5 Å². The molecular formula is C13H7Cl2F3. The van der Waals surface area contributed by atoms with E-state index in [0.717, 1.165) is 12.1 Å². The van der Waals surface area contributed by atoms with E-state index >= 15 is 0 Å². The molecule has 0 spiro atoms. The van der Waals surface area contributed by atoms with Crippen LogP contribution in [0.2, 0.25) is 10.0 Å². The van der Waals surface area contributed by atoms with Crippen LogP contribution in [0.15, 0.2) is 42.5 Å². The van der Waals surface area contributed by atoms with Gasteiger partial charge in [0.25, 0.3) is 0 Å². The lowest BCUT2D eigenvalue weighted by Crippen LogP contribution is -2.05. The summed E-state index contributed by atoms with van der Waals surface area (Å²) in [6, 6.07) is 10.6. The van der Waals surface area contributed by atoms with Crippen LogP contribution >= 0.6 is 23.2 Å². The number of benzene rings is 2. The average molecular weight is 291 g/mol. The molecule has 0 aliphatic carbocycles. The molecule has 0 atom stereocenters. The lowest BCUT2D eigenvalue weighted by molar-refractivity contribution is -0.137. The summed E-state index contributed by atoms with van der Waals surface area (Å²) in [5, 5.41) is -0.0259. The lowest BCUT2D eigenvalue weighted by atomic mass is 10.0. The third-order valence-corrected chi connectivity index (χ3v) is 3.03. The molecule has 18 heavy (non-hydrogen) atoms. The number of rotatable bonds is 1. The molecule has 0 amide bonds. The summed E-state index contributed by atoms with van der Waals surface area (Å²) >= 11 is 11.8. The zero-order valence-corrected chi connectivity index (χ0v) is 10.4. The van der Waals surface area contributed by atoms with Crippen LogP contribution < -0.4 is 0 Å². The Balaban J connectivity index is 2.59. The van der Waals surface area contributed by atoms with Crippen molar-refractivity contribution in [1.82, 2.24) is 0 Å². The Kier molecular flexibility index (Phi) is 3.55. The molecule has 0 heterocycles. The van der Waals surface area contributed by atoms with Crippen LogP contribution in [0.5, 0.6) is 0 Å². The molecule has 0 fully saturated rings. The summed E-state index contributed by atoms with van der Waals surface area (Å²) in [7, 11) is 0. The van der Waals surface area contributed by atoms with Crippen molar-refractivity contribution in [3.8, 4) is 11.1 Å². The predicted octanol–water partition coefficient (Wildman–Crippen LogP) is 5.68. The summed E-state index contributed by atoms with van der Waals surface area (Å²) in [6.07, 6.45) is -4.46. The third-order valence-electron chi connectivity index (χ3n) is 2.43. The fourth-order valence-corrected chi connectivity index (χ4v) is 2.32. The van der Waals surface area contributed by atoms with E-state index < -0.39 is 11.7 Å². The van der Waals surface area contributed by atoms with Gasteiger partial charge in [-0.05, 0) is 17.7 Å². The van der Waals surface area contributed by atoms with Crippen molar-refractivity contribution < 1.29 is 13.2 Å². The van der Waals surface area contributed by atoms with Crippen molar-refractivity contribution >= 4 is 23.2 Å². The number of halogens is 5. The second-order valence-corrected chi connectivity index (χ2v) is 4.49. The SMILES string of the molecule is FC(F)(F)c1cc(Cl)c(-c2ccccc2)c(Cl)c1. The Labute approximate surface area is 112 Å². The molecule has 0 aromatic heterocycles. The summed E-state index contributed by atoms with van der Waals surface area (Å²) in [4.78, 5) is 0. The predicted molar refractivity (Wildman–Crippen MR) is 66.9 cm³/mol. The molecular weight excluding hydrogens is 284 g/mol. The third kappa shape index (κ3) is 2.62. The summed E-state index contributed by atoms with van der Waals surface area (Å²) in [6.45, 7) is 0. The van der Waals surface area contributed by atoms with Gasteiger partial charge < -0.3 is 0 Å². The van der Waals surface area contributed by atoms with Gasteiger partial charge >= 0.3 is 6.18 Å². The minimum atomic E-state index is -4.46. The van der Waals surface area contributed by atoms with Crippen LogP contribution in [0.1, 0.15) is 5.56 Å². The molecule has 2 aromatic carbocycles. The Hall–Kier alpha value is -1.19. The van der Waals surface area contributed by atoms with Gasteiger partial charge in [0.05, 0.1) is 15.6 Å². The largest absolute Gasteiger partial charge is 0.416 e. The first-order chi connectivity index (χ1) is 8.39. The van der Waals surface area contributed by atoms with Crippen LogP contribution in [0.4, 0.5) is 13.2 Å². The van der Waals surface area contributed by atoms with Crippen molar-refractivity contribution in [3.05, 3.63) is 58.1 Å². The van der Waals surface area contributed by atoms with E-state index in [2.05, 4.69) is 0 Å². The first-order valence-electron chi connectivity index (χ1n) is 5.01. The quantitative estimate of drug-likeness (QED) is 0.634. The Morgan fingerprint density at radius 1 is 0.833 bits per heavy atom. The van der Waals surface area contributed by atoms with Crippen molar-refractivity contribution in [1.29, 1.82) is 0 Å². The molecule has 0 unspecified atom stereocenters. The van der Waals surface area contributed by atoms with Crippen molar-refractivity contribution in [2.75, 3.05) is 0 Å². The summed E-state index contributed by atoms with van der Waals surface area (Å²) < 4.78 is 37.7. The van der Waals surface area contributed by atoms with E-state index in [9.17, 15) is 13.2 Å². The van der Waals surface area contributed by atoms with Crippen molar-refractivity contribution in [3.63, 3.8) is 0 Å². The molecule has 0 saturated heterocycles. The van der Waals surface area contributed by atoms with Gasteiger partial charge in [-0.15, -0.1) is 0 Å². The zero-order chi connectivity index (χ0) is 13.3. The molecule has 5 heteroatoms. The highest BCUT2D eigenvalue weighted by atomic mass is 35.5. The Morgan fingerprint density at radius 3 is 1.78 bits per heavy atom. The van der Waals surface area contributed by atoms with Gasteiger partial charge in [-0.3, -0.25) is 0 Å². The first-order valence-corrected chi connectivity index (χ1v) is 5.77. The van der Waals surface area contributed by atoms with Gasteiger partial charge in [-0.25, -0.2) is 0 Å². The Morgan fingerprint density at radius 2 is 1.33 bits per heavy atom. The summed E-state index contributed by atoms with van der Waals surface area (Å²) in [5.74, 6) is 0. The smallest absolute Gasteiger partial charge is 0.166 e. The average Bonchev–Trinajstić information content (AvgIpc) is 2.28. The van der Waals surface area contributed by atoms with Crippen molar-refractivity contribution in [2.45, 2.75) is 6.18 Å². The van der Waals surface area contributed by atoms with E-state index in [1.807, 2.05) is 0 Å². The number of hydrogen-bond acceptors (Lipinski definition) is 0. The van der Waals surface area contributed by atoms with Crippen LogP contribution in [0, 0.1) is 0 Å². The monoisotopic (exact) mass is 290 g/mol. The maximum absolute atomic E-state index is 12.6. The Bertz CT molecular complexity index is 539. The van der Waals surface area contributed by atoms with Crippen LogP contribution in [-0.2, 0) is 6.18 Å². The van der Waals surface area contributed by atoms with E-state index in [1.165, 1.54) is 0 Å². The molecule has 0 bridgehead atoms. The van der Waals surface area contributed by atoms with E-state index in [-0.39, 0.29) is 10.0 Å². The maximum atomic E-state index is 12.6. The molecule has 0 aliphatic heterocycles.